The molecule has 1 N–H and O–H groups in total. The number of nitrogens with zero attached hydrogens (tertiary/aromatic N) is 1. The molecule has 0 unspecified atom stereocenters. The summed E-state index contributed by atoms with van der Waals surface area (Å²) in [6, 6.07) is 14.6. The first-order valence-electron chi connectivity index (χ1n) is 7.37. The topological polar surface area (TPSA) is 15.3 Å². The molecular weight excluding hydrogens is 280 g/mol. The number of hydrogen-bond donors (Lipinski definition) is 1. The SMILES string of the molecule is CCNCc1cccc(Cl)c1N(C)Cc1ccccc1C. The molecule has 0 amide bonds. The second-order valence-corrected chi connectivity index (χ2v) is 5.72. The first-order chi connectivity index (χ1) is 10.1. The van der Waals surface area contributed by atoms with Crippen molar-refractivity contribution < 1.29 is 0 Å². The summed E-state index contributed by atoms with van der Waals surface area (Å²) in [5.74, 6) is 0. The highest BCUT2D eigenvalue weighted by Gasteiger charge is 2.12. The van der Waals surface area contributed by atoms with Crippen molar-refractivity contribution in [2.75, 3.05) is 18.5 Å². The lowest BCUT2D eigenvalue weighted by Gasteiger charge is -2.25. The minimum atomic E-state index is 0.807. The van der Waals surface area contributed by atoms with Crippen molar-refractivity contribution >= 4 is 17.3 Å². The zero-order valence-corrected chi connectivity index (χ0v) is 13.7. The van der Waals surface area contributed by atoms with E-state index in [1.54, 1.807) is 0 Å². The quantitative estimate of drug-likeness (QED) is 0.851. The Bertz CT molecular complexity index is 596. The number of benzene rings is 2. The summed E-state index contributed by atoms with van der Waals surface area (Å²) in [6.07, 6.45) is 0. The van der Waals surface area contributed by atoms with Gasteiger partial charge in [-0.15, -0.1) is 0 Å². The predicted molar refractivity (Wildman–Crippen MR) is 92.1 cm³/mol. The summed E-state index contributed by atoms with van der Waals surface area (Å²) in [6.45, 7) is 6.91. The van der Waals surface area contributed by atoms with E-state index in [0.29, 0.717) is 0 Å². The maximum Gasteiger partial charge on any atom is 0.0642 e. The van der Waals surface area contributed by atoms with Gasteiger partial charge in [-0.3, -0.25) is 0 Å². The smallest absolute Gasteiger partial charge is 0.0642 e. The lowest BCUT2D eigenvalue weighted by Crippen LogP contribution is -2.21. The molecule has 0 saturated carbocycles. The molecule has 21 heavy (non-hydrogen) atoms. The van der Waals surface area contributed by atoms with Gasteiger partial charge in [-0.1, -0.05) is 54.9 Å². The van der Waals surface area contributed by atoms with Gasteiger partial charge in [-0.25, -0.2) is 0 Å². The number of para-hydroxylation sites is 1. The second-order valence-electron chi connectivity index (χ2n) is 5.31. The Morgan fingerprint density at radius 1 is 1.05 bits per heavy atom. The number of hydrogen-bond acceptors (Lipinski definition) is 2. The van der Waals surface area contributed by atoms with E-state index in [4.69, 9.17) is 11.6 Å². The van der Waals surface area contributed by atoms with Crippen LogP contribution in [0.1, 0.15) is 23.6 Å². The monoisotopic (exact) mass is 302 g/mol. The van der Waals surface area contributed by atoms with Gasteiger partial charge in [0.15, 0.2) is 0 Å². The molecule has 2 rings (SSSR count). The average molecular weight is 303 g/mol. The van der Waals surface area contributed by atoms with E-state index in [9.17, 15) is 0 Å². The minimum Gasteiger partial charge on any atom is -0.369 e. The molecule has 2 aromatic rings. The maximum atomic E-state index is 6.44. The molecule has 0 aliphatic carbocycles. The summed E-state index contributed by atoms with van der Waals surface area (Å²) >= 11 is 6.44. The fourth-order valence-electron chi connectivity index (χ4n) is 2.51. The second kappa shape index (κ2) is 7.48. The van der Waals surface area contributed by atoms with Crippen LogP contribution in [0.3, 0.4) is 0 Å². The molecule has 112 valence electrons. The lowest BCUT2D eigenvalue weighted by atomic mass is 10.1. The predicted octanol–water partition coefficient (Wildman–Crippen LogP) is 4.39. The molecule has 0 bridgehead atoms. The highest BCUT2D eigenvalue weighted by molar-refractivity contribution is 6.33. The van der Waals surface area contributed by atoms with Crippen molar-refractivity contribution in [3.05, 3.63) is 64.2 Å². The minimum absolute atomic E-state index is 0.807. The van der Waals surface area contributed by atoms with Gasteiger partial charge in [0, 0.05) is 20.1 Å². The van der Waals surface area contributed by atoms with Crippen molar-refractivity contribution in [2.24, 2.45) is 0 Å². The summed E-state index contributed by atoms with van der Waals surface area (Å²) in [7, 11) is 2.10. The Morgan fingerprint density at radius 3 is 2.48 bits per heavy atom. The number of anilines is 1. The third-order valence-corrected chi connectivity index (χ3v) is 3.99. The van der Waals surface area contributed by atoms with Crippen molar-refractivity contribution in [3.8, 4) is 0 Å². The summed E-state index contributed by atoms with van der Waals surface area (Å²) in [5, 5.41) is 4.18. The molecule has 3 heteroatoms. The Balaban J connectivity index is 2.26. The van der Waals surface area contributed by atoms with Crippen molar-refractivity contribution in [2.45, 2.75) is 26.9 Å². The molecule has 2 aromatic carbocycles. The van der Waals surface area contributed by atoms with Gasteiger partial charge in [0.1, 0.15) is 0 Å². The van der Waals surface area contributed by atoms with Gasteiger partial charge in [-0.05, 0) is 36.2 Å². The Labute approximate surface area is 132 Å². The van der Waals surface area contributed by atoms with E-state index in [1.807, 2.05) is 12.1 Å². The van der Waals surface area contributed by atoms with Crippen LogP contribution in [0.4, 0.5) is 5.69 Å². The van der Waals surface area contributed by atoms with Crippen molar-refractivity contribution in [1.82, 2.24) is 5.32 Å². The molecular formula is C18H23ClN2. The Kier molecular flexibility index (Phi) is 5.66. The molecule has 0 aliphatic heterocycles. The first kappa shape index (κ1) is 15.9. The molecule has 0 radical (unpaired) electrons. The van der Waals surface area contributed by atoms with Gasteiger partial charge < -0.3 is 10.2 Å². The van der Waals surface area contributed by atoms with E-state index >= 15 is 0 Å². The molecule has 2 nitrogen and oxygen atoms in total. The lowest BCUT2D eigenvalue weighted by molar-refractivity contribution is 0.723. The van der Waals surface area contributed by atoms with Crippen molar-refractivity contribution in [3.63, 3.8) is 0 Å². The van der Waals surface area contributed by atoms with Crippen LogP contribution in [-0.2, 0) is 13.1 Å². The molecule has 0 saturated heterocycles. The number of rotatable bonds is 6. The third kappa shape index (κ3) is 3.99. The van der Waals surface area contributed by atoms with Crippen LogP contribution in [-0.4, -0.2) is 13.6 Å². The van der Waals surface area contributed by atoms with Crippen LogP contribution < -0.4 is 10.2 Å². The fraction of sp³-hybridized carbons (Fsp3) is 0.333. The van der Waals surface area contributed by atoms with Crippen LogP contribution in [0.25, 0.3) is 0 Å². The zero-order chi connectivity index (χ0) is 15.2. The first-order valence-corrected chi connectivity index (χ1v) is 7.75. The van der Waals surface area contributed by atoms with Gasteiger partial charge in [0.25, 0.3) is 0 Å². The summed E-state index contributed by atoms with van der Waals surface area (Å²) in [4.78, 5) is 2.23. The molecule has 0 aromatic heterocycles. The molecule has 0 aliphatic rings. The number of halogens is 1. The third-order valence-electron chi connectivity index (χ3n) is 3.69. The standard InChI is InChI=1S/C18H23ClN2/c1-4-20-12-15-10-7-11-17(19)18(15)21(3)13-16-9-6-5-8-14(16)2/h5-11,20H,4,12-13H2,1-3H3. The highest BCUT2D eigenvalue weighted by Crippen LogP contribution is 2.30. The average Bonchev–Trinajstić information content (AvgIpc) is 2.47. The highest BCUT2D eigenvalue weighted by atomic mass is 35.5. The van der Waals surface area contributed by atoms with Gasteiger partial charge in [0.2, 0.25) is 0 Å². The number of nitrogens with one attached hydrogen (secondary N) is 1. The molecule has 0 spiro atoms. The van der Waals surface area contributed by atoms with E-state index in [-0.39, 0.29) is 0 Å². The van der Waals surface area contributed by atoms with Crippen LogP contribution >= 0.6 is 11.6 Å². The van der Waals surface area contributed by atoms with Crippen LogP contribution in [0.15, 0.2) is 42.5 Å². The summed E-state index contributed by atoms with van der Waals surface area (Å²) in [5.41, 5.74) is 4.99. The summed E-state index contributed by atoms with van der Waals surface area (Å²) < 4.78 is 0. The van der Waals surface area contributed by atoms with Gasteiger partial charge in [0.05, 0.1) is 10.7 Å². The van der Waals surface area contributed by atoms with Crippen LogP contribution in [0.5, 0.6) is 0 Å². The van der Waals surface area contributed by atoms with E-state index in [0.717, 1.165) is 30.3 Å². The van der Waals surface area contributed by atoms with Crippen LogP contribution in [0, 0.1) is 6.92 Å². The van der Waals surface area contributed by atoms with Crippen molar-refractivity contribution in [1.29, 1.82) is 0 Å². The number of aryl methyl sites for hydroxylation is 1. The molecule has 0 fully saturated rings. The largest absolute Gasteiger partial charge is 0.369 e. The zero-order valence-electron chi connectivity index (χ0n) is 13.0. The van der Waals surface area contributed by atoms with Crippen LogP contribution in [0.2, 0.25) is 5.02 Å². The van der Waals surface area contributed by atoms with E-state index < -0.39 is 0 Å². The normalized spacial score (nSPS) is 10.7. The van der Waals surface area contributed by atoms with Gasteiger partial charge in [-0.2, -0.15) is 0 Å². The Morgan fingerprint density at radius 2 is 1.76 bits per heavy atom. The van der Waals surface area contributed by atoms with Gasteiger partial charge >= 0.3 is 0 Å². The maximum absolute atomic E-state index is 6.44. The molecule has 0 heterocycles. The fourth-order valence-corrected chi connectivity index (χ4v) is 2.85. The van der Waals surface area contributed by atoms with E-state index in [1.165, 1.54) is 16.7 Å². The Hall–Kier alpha value is -1.51. The molecule has 0 atom stereocenters. The van der Waals surface area contributed by atoms with E-state index in [2.05, 4.69) is 61.4 Å².